The number of sulfonamides is 1. The van der Waals surface area contributed by atoms with Crippen LogP contribution in [0.4, 0.5) is 0 Å². The van der Waals surface area contributed by atoms with Crippen LogP contribution in [0.2, 0.25) is 0 Å². The molecule has 0 spiro atoms. The molecule has 2 aromatic carbocycles. The Hall–Kier alpha value is -2.03. The van der Waals surface area contributed by atoms with Crippen molar-refractivity contribution in [3.8, 4) is 5.75 Å². The molecular formula is C23H30N2O4S2. The Kier molecular flexibility index (Phi) is 8.02. The van der Waals surface area contributed by atoms with E-state index >= 15 is 0 Å². The molecule has 2 aromatic rings. The maximum atomic E-state index is 13.1. The topological polar surface area (TPSA) is 75.7 Å². The number of carbonyl (C=O) groups excluding carboxylic acids is 1. The van der Waals surface area contributed by atoms with Crippen molar-refractivity contribution < 1.29 is 17.9 Å². The van der Waals surface area contributed by atoms with E-state index in [2.05, 4.69) is 11.6 Å². The Balaban J connectivity index is 1.68. The molecule has 0 aliphatic carbocycles. The Morgan fingerprint density at radius 2 is 1.90 bits per heavy atom. The lowest BCUT2D eigenvalue weighted by Crippen LogP contribution is -2.38. The van der Waals surface area contributed by atoms with Crippen molar-refractivity contribution in [2.24, 2.45) is 5.92 Å². The highest BCUT2D eigenvalue weighted by Crippen LogP contribution is 2.27. The van der Waals surface area contributed by atoms with Gasteiger partial charge in [-0.15, -0.1) is 11.8 Å². The van der Waals surface area contributed by atoms with E-state index in [4.69, 9.17) is 4.74 Å². The molecule has 1 amide bonds. The molecule has 1 heterocycles. The van der Waals surface area contributed by atoms with Gasteiger partial charge in [-0.2, -0.15) is 0 Å². The number of carbonyl (C=O) groups is 1. The van der Waals surface area contributed by atoms with Gasteiger partial charge in [0.15, 0.2) is 0 Å². The highest BCUT2D eigenvalue weighted by Gasteiger charge is 2.25. The summed E-state index contributed by atoms with van der Waals surface area (Å²) in [4.78, 5) is 15.8. The van der Waals surface area contributed by atoms with Gasteiger partial charge in [-0.05, 0) is 61.8 Å². The molecule has 0 saturated carbocycles. The van der Waals surface area contributed by atoms with E-state index in [1.54, 1.807) is 12.1 Å². The lowest BCUT2D eigenvalue weighted by molar-refractivity contribution is 0.0693. The zero-order valence-corrected chi connectivity index (χ0v) is 19.9. The third-order valence-corrected chi connectivity index (χ3v) is 7.78. The van der Waals surface area contributed by atoms with E-state index in [1.807, 2.05) is 42.3 Å². The predicted octanol–water partition coefficient (Wildman–Crippen LogP) is 3.95. The van der Waals surface area contributed by atoms with E-state index in [0.717, 1.165) is 29.1 Å². The van der Waals surface area contributed by atoms with Crippen LogP contribution in [0.3, 0.4) is 0 Å². The standard InChI is InChI=1S/C23H30N2O4S2/c1-17-10-13-25(14-11-17)23(26)20-16-19(8-9-22(20)30-3)31(27,28)24-12-15-29-21-7-5-4-6-18(21)2/h4-9,16-17,24H,10-15H2,1-3H3. The highest BCUT2D eigenvalue weighted by molar-refractivity contribution is 7.98. The minimum Gasteiger partial charge on any atom is -0.492 e. The molecule has 0 atom stereocenters. The first kappa shape index (κ1) is 23.6. The van der Waals surface area contributed by atoms with Gasteiger partial charge in [0.25, 0.3) is 5.91 Å². The fraction of sp³-hybridized carbons (Fsp3) is 0.435. The van der Waals surface area contributed by atoms with Crippen molar-refractivity contribution in [1.29, 1.82) is 0 Å². The van der Waals surface area contributed by atoms with Gasteiger partial charge in [0.1, 0.15) is 12.4 Å². The number of hydrogen-bond donors (Lipinski definition) is 1. The van der Waals surface area contributed by atoms with Crippen LogP contribution in [0.1, 0.15) is 35.7 Å². The summed E-state index contributed by atoms with van der Waals surface area (Å²) in [5.74, 6) is 1.24. The average Bonchev–Trinajstić information content (AvgIpc) is 2.77. The van der Waals surface area contributed by atoms with Gasteiger partial charge in [-0.3, -0.25) is 4.79 Å². The van der Waals surface area contributed by atoms with Gasteiger partial charge in [0.05, 0.1) is 10.5 Å². The molecular weight excluding hydrogens is 432 g/mol. The number of hydrogen-bond acceptors (Lipinski definition) is 5. The number of piperidine rings is 1. The van der Waals surface area contributed by atoms with Gasteiger partial charge in [0, 0.05) is 24.5 Å². The number of thioether (sulfide) groups is 1. The number of likely N-dealkylation sites (tertiary alicyclic amines) is 1. The molecule has 31 heavy (non-hydrogen) atoms. The molecule has 1 saturated heterocycles. The van der Waals surface area contributed by atoms with Crippen LogP contribution in [0.15, 0.2) is 52.3 Å². The lowest BCUT2D eigenvalue weighted by Gasteiger charge is -2.30. The van der Waals surface area contributed by atoms with Gasteiger partial charge in [0.2, 0.25) is 10.0 Å². The van der Waals surface area contributed by atoms with Gasteiger partial charge in [-0.25, -0.2) is 13.1 Å². The summed E-state index contributed by atoms with van der Waals surface area (Å²) in [5, 5.41) is 0. The third kappa shape index (κ3) is 6.02. The maximum absolute atomic E-state index is 13.1. The second kappa shape index (κ2) is 10.5. The smallest absolute Gasteiger partial charge is 0.255 e. The lowest BCUT2D eigenvalue weighted by atomic mass is 9.98. The van der Waals surface area contributed by atoms with Crippen molar-refractivity contribution in [2.75, 3.05) is 32.5 Å². The van der Waals surface area contributed by atoms with Crippen LogP contribution in [0.5, 0.6) is 5.75 Å². The Morgan fingerprint density at radius 3 is 2.58 bits per heavy atom. The minimum absolute atomic E-state index is 0.0925. The summed E-state index contributed by atoms with van der Waals surface area (Å²) >= 11 is 1.45. The summed E-state index contributed by atoms with van der Waals surface area (Å²) in [6.45, 7) is 5.89. The first-order chi connectivity index (χ1) is 14.8. The van der Waals surface area contributed by atoms with Crippen LogP contribution < -0.4 is 9.46 Å². The van der Waals surface area contributed by atoms with Crippen molar-refractivity contribution >= 4 is 27.7 Å². The molecule has 3 rings (SSSR count). The Morgan fingerprint density at radius 1 is 1.19 bits per heavy atom. The van der Waals surface area contributed by atoms with Crippen molar-refractivity contribution in [1.82, 2.24) is 9.62 Å². The van der Waals surface area contributed by atoms with Crippen LogP contribution >= 0.6 is 11.8 Å². The quantitative estimate of drug-likeness (QED) is 0.475. The number of nitrogens with zero attached hydrogens (tertiary/aromatic N) is 1. The van der Waals surface area contributed by atoms with E-state index in [0.29, 0.717) is 24.6 Å². The molecule has 1 N–H and O–H groups in total. The number of amides is 1. The number of rotatable bonds is 8. The van der Waals surface area contributed by atoms with E-state index in [9.17, 15) is 13.2 Å². The molecule has 0 aromatic heterocycles. The van der Waals surface area contributed by atoms with E-state index in [-0.39, 0.29) is 24.0 Å². The highest BCUT2D eigenvalue weighted by atomic mass is 32.2. The van der Waals surface area contributed by atoms with Crippen molar-refractivity contribution in [2.45, 2.75) is 36.5 Å². The second-order valence-corrected chi connectivity index (χ2v) is 10.5. The van der Waals surface area contributed by atoms with E-state index < -0.39 is 10.0 Å². The predicted molar refractivity (Wildman–Crippen MR) is 124 cm³/mol. The average molecular weight is 463 g/mol. The normalized spacial score (nSPS) is 15.1. The van der Waals surface area contributed by atoms with Gasteiger partial charge < -0.3 is 9.64 Å². The summed E-state index contributed by atoms with van der Waals surface area (Å²) < 4.78 is 33.8. The molecule has 8 heteroatoms. The molecule has 6 nitrogen and oxygen atoms in total. The van der Waals surface area contributed by atoms with Crippen LogP contribution in [-0.4, -0.2) is 51.7 Å². The molecule has 1 fully saturated rings. The number of ether oxygens (including phenoxy) is 1. The molecule has 1 aliphatic heterocycles. The molecule has 0 unspecified atom stereocenters. The van der Waals surface area contributed by atoms with Gasteiger partial charge >= 0.3 is 0 Å². The molecule has 1 aliphatic rings. The zero-order chi connectivity index (χ0) is 22.4. The monoisotopic (exact) mass is 462 g/mol. The molecule has 0 radical (unpaired) electrons. The van der Waals surface area contributed by atoms with Gasteiger partial charge in [-0.1, -0.05) is 25.1 Å². The Labute approximate surface area is 189 Å². The fourth-order valence-electron chi connectivity index (χ4n) is 3.54. The first-order valence-electron chi connectivity index (χ1n) is 10.5. The summed E-state index contributed by atoms with van der Waals surface area (Å²) in [6, 6.07) is 12.3. The third-order valence-electron chi connectivity index (χ3n) is 5.53. The summed E-state index contributed by atoms with van der Waals surface area (Å²) in [6.07, 6.45) is 3.83. The first-order valence-corrected chi connectivity index (χ1v) is 13.2. The van der Waals surface area contributed by atoms with Crippen LogP contribution in [-0.2, 0) is 10.0 Å². The second-order valence-electron chi connectivity index (χ2n) is 7.85. The number of nitrogens with one attached hydrogen (secondary N) is 1. The largest absolute Gasteiger partial charge is 0.492 e. The number of benzene rings is 2. The van der Waals surface area contributed by atoms with Crippen molar-refractivity contribution in [3.05, 3.63) is 53.6 Å². The summed E-state index contributed by atoms with van der Waals surface area (Å²) in [5.41, 5.74) is 1.44. The van der Waals surface area contributed by atoms with Crippen LogP contribution in [0.25, 0.3) is 0 Å². The zero-order valence-electron chi connectivity index (χ0n) is 18.3. The SMILES string of the molecule is CSc1ccc(S(=O)(=O)NCCOc2ccccc2C)cc1C(=O)N1CCC(C)CC1. The Bertz CT molecular complexity index is 1020. The summed E-state index contributed by atoms with van der Waals surface area (Å²) in [7, 11) is -3.76. The van der Waals surface area contributed by atoms with Crippen LogP contribution in [0, 0.1) is 12.8 Å². The fourth-order valence-corrected chi connectivity index (χ4v) is 5.15. The molecule has 168 valence electrons. The van der Waals surface area contributed by atoms with E-state index in [1.165, 1.54) is 17.8 Å². The molecule has 0 bridgehead atoms. The number of para-hydroxylation sites is 1. The maximum Gasteiger partial charge on any atom is 0.255 e. The number of aryl methyl sites for hydroxylation is 1. The van der Waals surface area contributed by atoms with Crippen molar-refractivity contribution in [3.63, 3.8) is 0 Å². The minimum atomic E-state index is -3.76.